The number of nitrogens with zero attached hydrogens (tertiary/aromatic N) is 2. The molecule has 1 atom stereocenters. The van der Waals surface area contributed by atoms with Crippen LogP contribution in [0.1, 0.15) is 16.8 Å². The van der Waals surface area contributed by atoms with E-state index in [4.69, 9.17) is 9.84 Å². The van der Waals surface area contributed by atoms with Crippen LogP contribution < -0.4 is 0 Å². The number of hydrogen-bond acceptors (Lipinski definition) is 4. The lowest BCUT2D eigenvalue weighted by molar-refractivity contribution is -0.141. The maximum absolute atomic E-state index is 13.6. The van der Waals surface area contributed by atoms with Crippen molar-refractivity contribution in [2.24, 2.45) is 0 Å². The van der Waals surface area contributed by atoms with Gasteiger partial charge in [0, 0.05) is 13.1 Å². The third kappa shape index (κ3) is 2.77. The number of benzene rings is 1. The molecule has 0 saturated carbocycles. The first-order valence-electron chi connectivity index (χ1n) is 6.80. The highest BCUT2D eigenvalue weighted by Gasteiger charge is 2.28. The van der Waals surface area contributed by atoms with Gasteiger partial charge >= 0.3 is 5.97 Å². The van der Waals surface area contributed by atoms with Gasteiger partial charge in [-0.1, -0.05) is 0 Å². The first-order chi connectivity index (χ1) is 10.5. The van der Waals surface area contributed by atoms with Gasteiger partial charge in [0.15, 0.2) is 0 Å². The molecule has 3 rings (SSSR count). The van der Waals surface area contributed by atoms with E-state index in [1.54, 1.807) is 0 Å². The number of halogens is 1. The molecule has 1 aromatic carbocycles. The van der Waals surface area contributed by atoms with E-state index in [1.165, 1.54) is 17.3 Å². The summed E-state index contributed by atoms with van der Waals surface area (Å²) in [6, 6.07) is 2.42. The van der Waals surface area contributed by atoms with Crippen LogP contribution in [0.4, 0.5) is 4.39 Å². The van der Waals surface area contributed by atoms with Gasteiger partial charge in [0.25, 0.3) is 5.91 Å². The number of aromatic amines is 1. The van der Waals surface area contributed by atoms with Crippen molar-refractivity contribution < 1.29 is 23.8 Å². The molecule has 1 aromatic heterocycles. The quantitative estimate of drug-likeness (QED) is 0.882. The molecule has 116 valence electrons. The lowest BCUT2D eigenvalue weighted by Gasteiger charge is -2.32. The molecule has 7 nitrogen and oxygen atoms in total. The summed E-state index contributed by atoms with van der Waals surface area (Å²) >= 11 is 0. The van der Waals surface area contributed by atoms with E-state index < -0.39 is 17.9 Å². The van der Waals surface area contributed by atoms with Crippen molar-refractivity contribution in [3.63, 3.8) is 0 Å². The highest BCUT2D eigenvalue weighted by atomic mass is 19.1. The zero-order chi connectivity index (χ0) is 15.7. The second-order valence-electron chi connectivity index (χ2n) is 5.09. The van der Waals surface area contributed by atoms with E-state index in [1.807, 2.05) is 0 Å². The van der Waals surface area contributed by atoms with Crippen LogP contribution in [0.2, 0.25) is 0 Å². The van der Waals surface area contributed by atoms with Crippen molar-refractivity contribution in [3.8, 4) is 0 Å². The fourth-order valence-corrected chi connectivity index (χ4v) is 2.57. The Balaban J connectivity index is 1.86. The summed E-state index contributed by atoms with van der Waals surface area (Å²) in [5.74, 6) is -1.90. The van der Waals surface area contributed by atoms with Gasteiger partial charge < -0.3 is 19.7 Å². The SMILES string of the molecule is O=C(O)CC1CN(C(=O)c2cc(F)cc3[nH]cnc23)CCO1. The predicted octanol–water partition coefficient (Wildman–Crippen LogP) is 1.02. The minimum atomic E-state index is -0.986. The highest BCUT2D eigenvalue weighted by molar-refractivity contribution is 6.04. The number of carbonyl (C=O) groups excluding carboxylic acids is 1. The number of aliphatic carboxylic acids is 1. The van der Waals surface area contributed by atoms with Crippen LogP contribution in [0, 0.1) is 5.82 Å². The zero-order valence-corrected chi connectivity index (χ0v) is 11.6. The summed E-state index contributed by atoms with van der Waals surface area (Å²) in [6.07, 6.45) is 0.663. The molecule has 1 aliphatic heterocycles. The molecular formula is C14H14FN3O4. The molecule has 22 heavy (non-hydrogen) atoms. The molecule has 1 fully saturated rings. The van der Waals surface area contributed by atoms with E-state index in [0.29, 0.717) is 17.6 Å². The van der Waals surface area contributed by atoms with Gasteiger partial charge in [-0.3, -0.25) is 9.59 Å². The summed E-state index contributed by atoms with van der Waals surface area (Å²) in [5, 5.41) is 8.81. The number of carbonyl (C=O) groups is 2. The number of hydrogen-bond donors (Lipinski definition) is 2. The number of imidazole rings is 1. The smallest absolute Gasteiger partial charge is 0.306 e. The van der Waals surface area contributed by atoms with Crippen molar-refractivity contribution >= 4 is 22.9 Å². The fourth-order valence-electron chi connectivity index (χ4n) is 2.57. The lowest BCUT2D eigenvalue weighted by Crippen LogP contribution is -2.46. The van der Waals surface area contributed by atoms with Gasteiger partial charge in [-0.05, 0) is 12.1 Å². The Morgan fingerprint density at radius 2 is 2.32 bits per heavy atom. The summed E-state index contributed by atoms with van der Waals surface area (Å²) in [7, 11) is 0. The molecule has 0 spiro atoms. The minimum absolute atomic E-state index is 0.159. The van der Waals surface area contributed by atoms with Gasteiger partial charge in [-0.2, -0.15) is 0 Å². The van der Waals surface area contributed by atoms with Gasteiger partial charge in [0.2, 0.25) is 0 Å². The average Bonchev–Trinajstić information content (AvgIpc) is 2.93. The van der Waals surface area contributed by atoms with Crippen molar-refractivity contribution in [2.45, 2.75) is 12.5 Å². The Bertz CT molecular complexity index is 730. The number of carboxylic acids is 1. The molecule has 2 N–H and O–H groups in total. The molecule has 0 bridgehead atoms. The van der Waals surface area contributed by atoms with E-state index in [-0.39, 0.29) is 31.0 Å². The van der Waals surface area contributed by atoms with Crippen LogP contribution in [0.15, 0.2) is 18.5 Å². The van der Waals surface area contributed by atoms with E-state index in [9.17, 15) is 14.0 Å². The molecule has 1 unspecified atom stereocenters. The summed E-state index contributed by atoms with van der Waals surface area (Å²) in [4.78, 5) is 31.6. The average molecular weight is 307 g/mol. The second-order valence-corrected chi connectivity index (χ2v) is 5.09. The third-order valence-electron chi connectivity index (χ3n) is 3.55. The van der Waals surface area contributed by atoms with Crippen molar-refractivity contribution in [1.29, 1.82) is 0 Å². The Hall–Kier alpha value is -2.48. The number of aromatic nitrogens is 2. The lowest BCUT2D eigenvalue weighted by atomic mass is 10.1. The minimum Gasteiger partial charge on any atom is -0.481 e. The Morgan fingerprint density at radius 3 is 3.09 bits per heavy atom. The number of amides is 1. The van der Waals surface area contributed by atoms with Crippen LogP contribution >= 0.6 is 0 Å². The largest absolute Gasteiger partial charge is 0.481 e. The van der Waals surface area contributed by atoms with Crippen molar-refractivity contribution in [2.75, 3.05) is 19.7 Å². The second kappa shape index (κ2) is 5.72. The molecular weight excluding hydrogens is 293 g/mol. The number of carboxylic acid groups (broad SMARTS) is 1. The van der Waals surface area contributed by atoms with Crippen LogP contribution in [-0.2, 0) is 9.53 Å². The number of H-pyrrole nitrogens is 1. The molecule has 1 aliphatic rings. The van der Waals surface area contributed by atoms with Gasteiger partial charge in [-0.25, -0.2) is 9.37 Å². The normalized spacial score (nSPS) is 18.6. The summed E-state index contributed by atoms with van der Waals surface area (Å²) in [6.45, 7) is 0.744. The van der Waals surface area contributed by atoms with Crippen molar-refractivity contribution in [3.05, 3.63) is 29.8 Å². The molecule has 1 amide bonds. The first-order valence-corrected chi connectivity index (χ1v) is 6.80. The van der Waals surface area contributed by atoms with E-state index >= 15 is 0 Å². The van der Waals surface area contributed by atoms with E-state index in [2.05, 4.69) is 9.97 Å². The van der Waals surface area contributed by atoms with Gasteiger partial charge in [-0.15, -0.1) is 0 Å². The van der Waals surface area contributed by atoms with E-state index in [0.717, 1.165) is 6.07 Å². The van der Waals surface area contributed by atoms with Crippen molar-refractivity contribution in [1.82, 2.24) is 14.9 Å². The standard InChI is InChI=1S/C14H14FN3O4/c15-8-3-10(13-11(4-8)16-7-17-13)14(21)18-1-2-22-9(6-18)5-12(19)20/h3-4,7,9H,1-2,5-6H2,(H,16,17)(H,19,20). The topological polar surface area (TPSA) is 95.5 Å². The Labute approximate surface area is 124 Å². The molecule has 2 aromatic rings. The number of ether oxygens (including phenoxy) is 1. The molecule has 8 heteroatoms. The fraction of sp³-hybridized carbons (Fsp3) is 0.357. The molecule has 0 aliphatic carbocycles. The number of morpholine rings is 1. The number of nitrogens with one attached hydrogen (secondary N) is 1. The van der Waals surface area contributed by atoms with Crippen LogP contribution in [0.3, 0.4) is 0 Å². The Morgan fingerprint density at radius 1 is 1.50 bits per heavy atom. The highest BCUT2D eigenvalue weighted by Crippen LogP contribution is 2.20. The number of rotatable bonds is 3. The van der Waals surface area contributed by atoms with Crippen LogP contribution in [0.5, 0.6) is 0 Å². The maximum atomic E-state index is 13.6. The van der Waals surface area contributed by atoms with Crippen LogP contribution in [-0.4, -0.2) is 57.7 Å². The number of fused-ring (bicyclic) bond motifs is 1. The molecule has 0 radical (unpaired) electrons. The predicted molar refractivity (Wildman–Crippen MR) is 73.9 cm³/mol. The van der Waals surface area contributed by atoms with Crippen LogP contribution in [0.25, 0.3) is 11.0 Å². The molecule has 1 saturated heterocycles. The summed E-state index contributed by atoms with van der Waals surface area (Å²) in [5.41, 5.74) is 0.999. The molecule has 2 heterocycles. The maximum Gasteiger partial charge on any atom is 0.306 e. The van der Waals surface area contributed by atoms with Gasteiger partial charge in [0.05, 0.1) is 36.5 Å². The Kier molecular flexibility index (Phi) is 3.76. The summed E-state index contributed by atoms with van der Waals surface area (Å²) < 4.78 is 19.0. The monoisotopic (exact) mass is 307 g/mol. The first kappa shape index (κ1) is 14.5. The third-order valence-corrected chi connectivity index (χ3v) is 3.55. The van der Waals surface area contributed by atoms with Gasteiger partial charge in [0.1, 0.15) is 11.3 Å². The zero-order valence-electron chi connectivity index (χ0n) is 11.6.